The Bertz CT molecular complexity index is 154. The van der Waals surface area contributed by atoms with Gasteiger partial charge in [-0.15, -0.1) is 0 Å². The Kier molecular flexibility index (Phi) is 7.54. The first-order chi connectivity index (χ1) is 6.61. The van der Waals surface area contributed by atoms with Crippen LogP contribution in [0.3, 0.4) is 0 Å². The van der Waals surface area contributed by atoms with Gasteiger partial charge >= 0.3 is 0 Å². The van der Waals surface area contributed by atoms with Gasteiger partial charge in [-0.25, -0.2) is 0 Å². The SMILES string of the molecule is CCCC[C](CC)C(=O)NCC(C)C. The minimum atomic E-state index is 0.162. The number of amides is 1. The predicted octanol–water partition coefficient (Wildman–Crippen LogP) is 2.93. The van der Waals surface area contributed by atoms with Crippen molar-refractivity contribution >= 4 is 5.91 Å². The highest BCUT2D eigenvalue weighted by atomic mass is 16.1. The van der Waals surface area contributed by atoms with Crippen LogP contribution in [0.4, 0.5) is 0 Å². The van der Waals surface area contributed by atoms with E-state index in [2.05, 4.69) is 33.0 Å². The highest BCUT2D eigenvalue weighted by Gasteiger charge is 2.15. The fraction of sp³-hybridized carbons (Fsp3) is 0.833. The van der Waals surface area contributed by atoms with Gasteiger partial charge in [0.05, 0.1) is 5.92 Å². The molecule has 0 spiro atoms. The summed E-state index contributed by atoms with van der Waals surface area (Å²) in [6.45, 7) is 9.21. The van der Waals surface area contributed by atoms with Gasteiger partial charge in [-0.2, -0.15) is 0 Å². The van der Waals surface area contributed by atoms with E-state index < -0.39 is 0 Å². The third-order valence-electron chi connectivity index (χ3n) is 2.25. The largest absolute Gasteiger partial charge is 0.355 e. The summed E-state index contributed by atoms with van der Waals surface area (Å²) in [6, 6.07) is 0. The van der Waals surface area contributed by atoms with Crippen LogP contribution in [-0.4, -0.2) is 12.5 Å². The Morgan fingerprint density at radius 1 is 1.29 bits per heavy atom. The molecule has 1 amide bonds. The molecule has 0 saturated heterocycles. The lowest BCUT2D eigenvalue weighted by Gasteiger charge is -2.14. The van der Waals surface area contributed by atoms with Crippen LogP contribution in [0.15, 0.2) is 0 Å². The van der Waals surface area contributed by atoms with Crippen LogP contribution in [0.5, 0.6) is 0 Å². The summed E-state index contributed by atoms with van der Waals surface area (Å²) in [7, 11) is 0. The molecule has 0 aromatic rings. The predicted molar refractivity (Wildman–Crippen MR) is 60.9 cm³/mol. The van der Waals surface area contributed by atoms with Gasteiger partial charge in [0.25, 0.3) is 0 Å². The van der Waals surface area contributed by atoms with E-state index in [9.17, 15) is 4.79 Å². The van der Waals surface area contributed by atoms with E-state index in [1.54, 1.807) is 0 Å². The van der Waals surface area contributed by atoms with E-state index in [0.717, 1.165) is 38.1 Å². The normalized spacial score (nSPS) is 11.0. The molecule has 0 atom stereocenters. The fourth-order valence-electron chi connectivity index (χ4n) is 1.26. The molecule has 14 heavy (non-hydrogen) atoms. The van der Waals surface area contributed by atoms with E-state index in [4.69, 9.17) is 0 Å². The van der Waals surface area contributed by atoms with Gasteiger partial charge in [0.15, 0.2) is 0 Å². The summed E-state index contributed by atoms with van der Waals surface area (Å²) in [5.74, 6) is 1.74. The second kappa shape index (κ2) is 7.84. The van der Waals surface area contributed by atoms with E-state index in [0.29, 0.717) is 5.92 Å². The van der Waals surface area contributed by atoms with Gasteiger partial charge in [-0.1, -0.05) is 40.5 Å². The Balaban J connectivity index is 3.79. The van der Waals surface area contributed by atoms with E-state index in [1.807, 2.05) is 0 Å². The quantitative estimate of drug-likeness (QED) is 0.669. The summed E-state index contributed by atoms with van der Waals surface area (Å²) in [5.41, 5.74) is 0. The number of unbranched alkanes of at least 4 members (excludes halogenated alkanes) is 1. The van der Waals surface area contributed by atoms with Crippen LogP contribution < -0.4 is 5.32 Å². The molecule has 0 fully saturated rings. The first-order valence-electron chi connectivity index (χ1n) is 5.74. The van der Waals surface area contributed by atoms with Gasteiger partial charge < -0.3 is 5.32 Å². The molecule has 0 heterocycles. The number of nitrogens with one attached hydrogen (secondary N) is 1. The topological polar surface area (TPSA) is 29.1 Å². The van der Waals surface area contributed by atoms with Crippen molar-refractivity contribution in [3.05, 3.63) is 5.92 Å². The summed E-state index contributed by atoms with van der Waals surface area (Å²) in [4.78, 5) is 11.6. The third-order valence-corrected chi connectivity index (χ3v) is 2.25. The van der Waals surface area contributed by atoms with Gasteiger partial charge in [-0.3, -0.25) is 4.79 Å². The molecule has 0 rings (SSSR count). The van der Waals surface area contributed by atoms with Crippen molar-refractivity contribution in [1.29, 1.82) is 0 Å². The van der Waals surface area contributed by atoms with Gasteiger partial charge in [0, 0.05) is 6.54 Å². The maximum absolute atomic E-state index is 11.6. The molecule has 0 aromatic carbocycles. The van der Waals surface area contributed by atoms with Gasteiger partial charge in [0.1, 0.15) is 0 Å². The minimum absolute atomic E-state index is 0.162. The molecule has 0 aliphatic heterocycles. The maximum Gasteiger partial charge on any atom is 0.227 e. The lowest BCUT2D eigenvalue weighted by molar-refractivity contribution is -0.119. The van der Waals surface area contributed by atoms with Crippen molar-refractivity contribution in [3.8, 4) is 0 Å². The van der Waals surface area contributed by atoms with Gasteiger partial charge in [0.2, 0.25) is 5.91 Å². The summed E-state index contributed by atoms with van der Waals surface area (Å²) in [5, 5.41) is 2.97. The first-order valence-corrected chi connectivity index (χ1v) is 5.74. The lowest BCUT2D eigenvalue weighted by Crippen LogP contribution is -2.32. The monoisotopic (exact) mass is 198 g/mol. The molecule has 0 aliphatic carbocycles. The average Bonchev–Trinajstić information content (AvgIpc) is 2.16. The van der Waals surface area contributed by atoms with Crippen LogP contribution in [0.1, 0.15) is 53.4 Å². The molecule has 0 aromatic heterocycles. The molecule has 2 nitrogen and oxygen atoms in total. The second-order valence-corrected chi connectivity index (χ2v) is 4.16. The standard InChI is InChI=1S/C12H24NO/c1-5-7-8-11(6-2)12(14)13-9-10(3)4/h10H,5-9H2,1-4H3,(H,13,14). The van der Waals surface area contributed by atoms with Crippen LogP contribution in [-0.2, 0) is 4.79 Å². The van der Waals surface area contributed by atoms with Crippen molar-refractivity contribution < 1.29 is 4.79 Å². The molecule has 0 aliphatic rings. The summed E-state index contributed by atoms with van der Waals surface area (Å²) < 4.78 is 0. The molecular formula is C12H24NO. The molecule has 2 heteroatoms. The number of carbonyl (C=O) groups is 1. The van der Waals surface area contributed by atoms with Crippen LogP contribution in [0.2, 0.25) is 0 Å². The van der Waals surface area contributed by atoms with Gasteiger partial charge in [-0.05, 0) is 18.8 Å². The average molecular weight is 198 g/mol. The zero-order valence-corrected chi connectivity index (χ0v) is 10.0. The highest BCUT2D eigenvalue weighted by molar-refractivity contribution is 5.89. The summed E-state index contributed by atoms with van der Waals surface area (Å²) >= 11 is 0. The van der Waals surface area contributed by atoms with Crippen LogP contribution >= 0.6 is 0 Å². The van der Waals surface area contributed by atoms with Crippen LogP contribution in [0, 0.1) is 11.8 Å². The second-order valence-electron chi connectivity index (χ2n) is 4.16. The lowest BCUT2D eigenvalue weighted by atomic mass is 9.98. The maximum atomic E-state index is 11.6. The van der Waals surface area contributed by atoms with E-state index in [1.165, 1.54) is 0 Å². The van der Waals surface area contributed by atoms with Crippen molar-refractivity contribution in [2.75, 3.05) is 6.54 Å². The Labute approximate surface area is 88.5 Å². The highest BCUT2D eigenvalue weighted by Crippen LogP contribution is 2.14. The van der Waals surface area contributed by atoms with Crippen molar-refractivity contribution in [2.45, 2.75) is 53.4 Å². The Hall–Kier alpha value is -0.530. The number of hydrogen-bond acceptors (Lipinski definition) is 1. The molecule has 1 N–H and O–H groups in total. The third kappa shape index (κ3) is 6.01. The Morgan fingerprint density at radius 3 is 2.36 bits per heavy atom. The molecule has 1 radical (unpaired) electrons. The zero-order valence-electron chi connectivity index (χ0n) is 10.0. The number of carbonyl (C=O) groups excluding carboxylic acids is 1. The fourth-order valence-corrected chi connectivity index (χ4v) is 1.26. The molecule has 0 bridgehead atoms. The van der Waals surface area contributed by atoms with Crippen molar-refractivity contribution in [1.82, 2.24) is 5.32 Å². The Morgan fingerprint density at radius 2 is 1.93 bits per heavy atom. The van der Waals surface area contributed by atoms with Crippen molar-refractivity contribution in [2.24, 2.45) is 5.92 Å². The molecular weight excluding hydrogens is 174 g/mol. The first kappa shape index (κ1) is 13.5. The van der Waals surface area contributed by atoms with Crippen molar-refractivity contribution in [3.63, 3.8) is 0 Å². The minimum Gasteiger partial charge on any atom is -0.355 e. The smallest absolute Gasteiger partial charge is 0.227 e. The van der Waals surface area contributed by atoms with E-state index in [-0.39, 0.29) is 5.91 Å². The summed E-state index contributed by atoms with van der Waals surface area (Å²) in [6.07, 6.45) is 4.11. The zero-order chi connectivity index (χ0) is 11.0. The number of hydrogen-bond donors (Lipinski definition) is 1. The molecule has 83 valence electrons. The van der Waals surface area contributed by atoms with Crippen LogP contribution in [0.25, 0.3) is 0 Å². The molecule has 0 unspecified atom stereocenters. The molecule has 0 saturated carbocycles. The number of rotatable bonds is 7. The van der Waals surface area contributed by atoms with E-state index >= 15 is 0 Å².